The van der Waals surface area contributed by atoms with E-state index in [4.69, 9.17) is 14.5 Å². The number of ether oxygens (including phenoxy) is 2. The summed E-state index contributed by atoms with van der Waals surface area (Å²) < 4.78 is 43.5. The Labute approximate surface area is 235 Å². The predicted molar refractivity (Wildman–Crippen MR) is 153 cm³/mol. The van der Waals surface area contributed by atoms with Gasteiger partial charge in [0.25, 0.3) is 0 Å². The lowest BCUT2D eigenvalue weighted by atomic mass is 9.83. The Morgan fingerprint density at radius 1 is 1.00 bits per heavy atom. The van der Waals surface area contributed by atoms with Crippen LogP contribution in [-0.2, 0) is 21.9 Å². The Hall–Kier alpha value is -4.06. The van der Waals surface area contributed by atoms with Crippen molar-refractivity contribution in [2.75, 3.05) is 18.9 Å². The van der Waals surface area contributed by atoms with E-state index in [1.165, 1.54) is 14.2 Å². The quantitative estimate of drug-likeness (QED) is 0.279. The predicted octanol–water partition coefficient (Wildman–Crippen LogP) is 4.51. The second-order valence-corrected chi connectivity index (χ2v) is 11.7. The number of nitrogens with one attached hydrogen (secondary N) is 1. The second-order valence-electron chi connectivity index (χ2n) is 9.71. The van der Waals surface area contributed by atoms with Gasteiger partial charge in [-0.2, -0.15) is 0 Å². The zero-order chi connectivity index (χ0) is 29.1. The van der Waals surface area contributed by atoms with Gasteiger partial charge in [0.2, 0.25) is 16.0 Å². The minimum absolute atomic E-state index is 0.0309. The number of hydrogen-bond acceptors (Lipinski definition) is 9. The normalized spacial score (nSPS) is 13.9. The van der Waals surface area contributed by atoms with Gasteiger partial charge in [-0.1, -0.05) is 32.9 Å². The number of para-hydroxylation sites is 1. The monoisotopic (exact) mass is 565 g/mol. The molecular weight excluding hydrogens is 530 g/mol. The fourth-order valence-electron chi connectivity index (χ4n) is 4.45. The van der Waals surface area contributed by atoms with Crippen LogP contribution in [0.5, 0.6) is 11.5 Å². The third-order valence-electron chi connectivity index (χ3n) is 7.31. The number of methoxy groups -OCH3 is 2. The first kappa shape index (κ1) is 28.9. The van der Waals surface area contributed by atoms with Crippen LogP contribution in [0.4, 0.5) is 5.95 Å². The molecule has 3 heterocycles. The number of aromatic nitrogens is 6. The van der Waals surface area contributed by atoms with Gasteiger partial charge in [0, 0.05) is 23.5 Å². The molecular formula is C28H35N7O4S. The first-order valence-electron chi connectivity index (χ1n) is 13.0. The number of sulfonamides is 1. The van der Waals surface area contributed by atoms with Gasteiger partial charge < -0.3 is 9.47 Å². The zero-order valence-electron chi connectivity index (χ0n) is 23.8. The topological polar surface area (TPSA) is 134 Å². The zero-order valence-corrected chi connectivity index (χ0v) is 24.7. The lowest BCUT2D eigenvalue weighted by Crippen LogP contribution is -2.44. The number of aryl methyl sites for hydroxylation is 2. The van der Waals surface area contributed by atoms with Gasteiger partial charge in [-0.25, -0.2) is 23.4 Å². The molecule has 1 aromatic carbocycles. The summed E-state index contributed by atoms with van der Waals surface area (Å²) >= 11 is 0. The third kappa shape index (κ3) is 5.35. The summed E-state index contributed by atoms with van der Waals surface area (Å²) in [5, 5.41) is 7.72. The van der Waals surface area contributed by atoms with E-state index in [2.05, 4.69) is 24.9 Å². The maximum absolute atomic E-state index is 14.0. The Morgan fingerprint density at radius 2 is 1.62 bits per heavy atom. The summed E-state index contributed by atoms with van der Waals surface area (Å²) in [5.74, 6) is 1.62. The van der Waals surface area contributed by atoms with Gasteiger partial charge in [0.05, 0.1) is 19.5 Å². The van der Waals surface area contributed by atoms with Gasteiger partial charge >= 0.3 is 0 Å². The highest BCUT2D eigenvalue weighted by Gasteiger charge is 2.43. The summed E-state index contributed by atoms with van der Waals surface area (Å²) in [6, 6.07) is 10.9. The summed E-state index contributed by atoms with van der Waals surface area (Å²) in [6.45, 7) is 9.30. The van der Waals surface area contributed by atoms with Crippen molar-refractivity contribution in [2.24, 2.45) is 0 Å². The Bertz CT molecular complexity index is 1570. The summed E-state index contributed by atoms with van der Waals surface area (Å²) in [4.78, 5) is 13.6. The standard InChI is InChI=1S/C28H35N7O4S/c1-8-20-12-10-13-21(31-20)25-32-33-27(35(25)24-22(38-6)14-11-15-23(24)39-7)34-40(36,37)19(4)28(5,9-2)26-29-16-18(3)17-30-26/h10-17,19H,8-9H2,1-7H3,(H,33,34)/t19-,28?/m0/s1. The molecule has 0 bridgehead atoms. The van der Waals surface area contributed by atoms with E-state index in [-0.39, 0.29) is 5.95 Å². The van der Waals surface area contributed by atoms with Crippen molar-refractivity contribution in [2.45, 2.75) is 58.1 Å². The van der Waals surface area contributed by atoms with E-state index in [0.717, 1.165) is 11.3 Å². The van der Waals surface area contributed by atoms with Crippen molar-refractivity contribution in [3.05, 3.63) is 65.9 Å². The lowest BCUT2D eigenvalue weighted by molar-refractivity contribution is 0.391. The van der Waals surface area contributed by atoms with Gasteiger partial charge in [0.15, 0.2) is 5.82 Å². The van der Waals surface area contributed by atoms with Gasteiger partial charge in [-0.3, -0.25) is 9.29 Å². The van der Waals surface area contributed by atoms with E-state index in [1.54, 1.807) is 48.1 Å². The SMILES string of the molecule is CCc1cccc(-c2nnc(NS(=O)(=O)[C@@H](C)C(C)(CC)c3ncc(C)cn3)n2-c2c(OC)cccc2OC)n1. The van der Waals surface area contributed by atoms with E-state index in [1.807, 2.05) is 39.8 Å². The summed E-state index contributed by atoms with van der Waals surface area (Å²) in [5.41, 5.74) is 1.81. The smallest absolute Gasteiger partial charge is 0.243 e. The molecule has 4 aromatic rings. The van der Waals surface area contributed by atoms with Gasteiger partial charge in [-0.05, 0) is 56.5 Å². The highest BCUT2D eigenvalue weighted by atomic mass is 32.2. The molecule has 1 N–H and O–H groups in total. The van der Waals surface area contributed by atoms with E-state index in [0.29, 0.717) is 47.4 Å². The number of hydrogen-bond donors (Lipinski definition) is 1. The van der Waals surface area contributed by atoms with Crippen LogP contribution in [-0.4, -0.2) is 57.6 Å². The molecule has 0 aliphatic carbocycles. The third-order valence-corrected chi connectivity index (χ3v) is 9.23. The molecule has 2 atom stereocenters. The first-order chi connectivity index (χ1) is 19.1. The molecule has 0 aliphatic rings. The van der Waals surface area contributed by atoms with Gasteiger partial charge in [0.1, 0.15) is 28.7 Å². The highest BCUT2D eigenvalue weighted by Crippen LogP contribution is 2.38. The molecule has 0 fully saturated rings. The fourth-order valence-corrected chi connectivity index (χ4v) is 5.97. The van der Waals surface area contributed by atoms with E-state index < -0.39 is 20.7 Å². The van der Waals surface area contributed by atoms with Gasteiger partial charge in [-0.15, -0.1) is 10.2 Å². The molecule has 11 nitrogen and oxygen atoms in total. The molecule has 0 aliphatic heterocycles. The largest absolute Gasteiger partial charge is 0.494 e. The maximum Gasteiger partial charge on any atom is 0.243 e. The Balaban J connectivity index is 1.88. The highest BCUT2D eigenvalue weighted by molar-refractivity contribution is 7.93. The van der Waals surface area contributed by atoms with Crippen molar-refractivity contribution >= 4 is 16.0 Å². The number of nitrogens with zero attached hydrogens (tertiary/aromatic N) is 6. The molecule has 40 heavy (non-hydrogen) atoms. The number of pyridine rings is 1. The minimum Gasteiger partial charge on any atom is -0.494 e. The molecule has 0 saturated carbocycles. The second kappa shape index (κ2) is 11.6. The van der Waals surface area contributed by atoms with Crippen molar-refractivity contribution < 1.29 is 17.9 Å². The molecule has 0 saturated heterocycles. The van der Waals surface area contributed by atoms with Crippen molar-refractivity contribution in [3.8, 4) is 28.7 Å². The van der Waals surface area contributed by atoms with Crippen LogP contribution in [0.3, 0.4) is 0 Å². The van der Waals surface area contributed by atoms with Crippen LogP contribution in [0.1, 0.15) is 51.2 Å². The van der Waals surface area contributed by atoms with Crippen molar-refractivity contribution in [1.29, 1.82) is 0 Å². The molecule has 12 heteroatoms. The van der Waals surface area contributed by atoms with E-state index >= 15 is 0 Å². The lowest BCUT2D eigenvalue weighted by Gasteiger charge is -2.32. The van der Waals surface area contributed by atoms with Crippen LogP contribution >= 0.6 is 0 Å². The molecule has 1 unspecified atom stereocenters. The molecule has 0 radical (unpaired) electrons. The molecule has 212 valence electrons. The van der Waals surface area contributed by atoms with Crippen molar-refractivity contribution in [3.63, 3.8) is 0 Å². The summed E-state index contributed by atoms with van der Waals surface area (Å²) in [7, 11) is -0.996. The van der Waals surface area contributed by atoms with Crippen LogP contribution in [0, 0.1) is 6.92 Å². The van der Waals surface area contributed by atoms with Crippen molar-refractivity contribution in [1.82, 2.24) is 29.7 Å². The average Bonchev–Trinajstić information content (AvgIpc) is 3.38. The molecule has 0 amide bonds. The van der Waals surface area contributed by atoms with Crippen LogP contribution in [0.15, 0.2) is 48.8 Å². The Kier molecular flexibility index (Phi) is 8.38. The maximum atomic E-state index is 14.0. The van der Waals surface area contributed by atoms with E-state index in [9.17, 15) is 8.42 Å². The molecule has 4 rings (SSSR count). The fraction of sp³-hybridized carbons (Fsp3) is 0.393. The first-order valence-corrected chi connectivity index (χ1v) is 14.6. The molecule has 0 spiro atoms. The molecule has 3 aromatic heterocycles. The number of rotatable bonds is 11. The number of benzene rings is 1. The van der Waals surface area contributed by atoms with Crippen LogP contribution < -0.4 is 14.2 Å². The number of anilines is 1. The van der Waals surface area contributed by atoms with Crippen LogP contribution in [0.25, 0.3) is 17.2 Å². The average molecular weight is 566 g/mol. The summed E-state index contributed by atoms with van der Waals surface area (Å²) in [6.07, 6.45) is 4.59. The van der Waals surface area contributed by atoms with Crippen LogP contribution in [0.2, 0.25) is 0 Å². The Morgan fingerprint density at radius 3 is 2.20 bits per heavy atom. The minimum atomic E-state index is -4.05.